The first kappa shape index (κ1) is 18.0. The molecule has 0 spiro atoms. The van der Waals surface area contributed by atoms with Crippen molar-refractivity contribution in [3.8, 4) is 17.1 Å². The second kappa shape index (κ2) is 7.47. The molecule has 6 heteroatoms. The highest BCUT2D eigenvalue weighted by Crippen LogP contribution is 2.22. The molecule has 24 heavy (non-hydrogen) atoms. The minimum atomic E-state index is -0.0480. The molecule has 2 aromatic rings. The first-order valence-corrected chi connectivity index (χ1v) is 8.07. The Hall–Kier alpha value is -2.37. The molecule has 0 bridgehead atoms. The Morgan fingerprint density at radius 3 is 2.46 bits per heavy atom. The van der Waals surface area contributed by atoms with E-state index < -0.39 is 0 Å². The zero-order valence-electron chi connectivity index (χ0n) is 15.0. The fraction of sp³-hybridized carbons (Fsp3) is 0.500. The van der Waals surface area contributed by atoms with Crippen LogP contribution in [0.15, 0.2) is 28.8 Å². The third-order valence-electron chi connectivity index (χ3n) is 3.56. The molecule has 0 aliphatic rings. The van der Waals surface area contributed by atoms with Gasteiger partial charge in [0.05, 0.1) is 13.7 Å². The van der Waals surface area contributed by atoms with Crippen molar-refractivity contribution in [3.05, 3.63) is 30.2 Å². The highest BCUT2D eigenvalue weighted by Gasteiger charge is 2.22. The average molecular weight is 331 g/mol. The van der Waals surface area contributed by atoms with Crippen molar-refractivity contribution in [1.29, 1.82) is 0 Å². The third-order valence-corrected chi connectivity index (χ3v) is 3.56. The minimum Gasteiger partial charge on any atom is -0.497 e. The minimum absolute atomic E-state index is 0.0480. The molecule has 1 aromatic carbocycles. The molecule has 2 rings (SSSR count). The number of methoxy groups -OCH3 is 1. The molecule has 0 aliphatic carbocycles. The Morgan fingerprint density at radius 1 is 1.25 bits per heavy atom. The molecular weight excluding hydrogens is 306 g/mol. The lowest BCUT2D eigenvalue weighted by Crippen LogP contribution is -2.33. The van der Waals surface area contributed by atoms with Crippen LogP contribution in [-0.2, 0) is 11.3 Å². The molecule has 0 unspecified atom stereocenters. The molecule has 0 radical (unpaired) electrons. The van der Waals surface area contributed by atoms with Crippen LogP contribution in [-0.4, -0.2) is 34.6 Å². The Labute approximate surface area is 142 Å². The molecule has 1 aromatic heterocycles. The van der Waals surface area contributed by atoms with Gasteiger partial charge in [0.2, 0.25) is 17.6 Å². The predicted molar refractivity (Wildman–Crippen MR) is 91.4 cm³/mol. The van der Waals surface area contributed by atoms with Crippen LogP contribution in [0.4, 0.5) is 0 Å². The summed E-state index contributed by atoms with van der Waals surface area (Å²) >= 11 is 0. The number of amides is 1. The quantitative estimate of drug-likeness (QED) is 0.810. The van der Waals surface area contributed by atoms with Crippen LogP contribution in [0, 0.1) is 5.41 Å². The molecule has 0 saturated heterocycles. The van der Waals surface area contributed by atoms with Gasteiger partial charge in [0.1, 0.15) is 5.75 Å². The number of carbonyl (C=O) groups is 1. The first-order valence-electron chi connectivity index (χ1n) is 8.07. The number of hydrogen-bond donors (Lipinski definition) is 0. The van der Waals surface area contributed by atoms with Gasteiger partial charge in [-0.1, -0.05) is 25.9 Å². The molecule has 0 saturated carbocycles. The van der Waals surface area contributed by atoms with Crippen molar-refractivity contribution in [2.45, 2.75) is 40.7 Å². The van der Waals surface area contributed by atoms with Crippen molar-refractivity contribution in [2.24, 2.45) is 5.41 Å². The van der Waals surface area contributed by atoms with E-state index in [1.54, 1.807) is 12.0 Å². The normalized spacial score (nSPS) is 11.4. The number of carbonyl (C=O) groups excluding carboxylic acids is 1. The van der Waals surface area contributed by atoms with Crippen LogP contribution in [0.3, 0.4) is 0 Å². The fourth-order valence-corrected chi connectivity index (χ4v) is 2.28. The lowest BCUT2D eigenvalue weighted by molar-refractivity contribution is -0.133. The average Bonchev–Trinajstić information content (AvgIpc) is 2.99. The van der Waals surface area contributed by atoms with Gasteiger partial charge in [-0.25, -0.2) is 0 Å². The molecule has 130 valence electrons. The smallest absolute Gasteiger partial charge is 0.246 e. The van der Waals surface area contributed by atoms with Gasteiger partial charge < -0.3 is 14.2 Å². The van der Waals surface area contributed by atoms with Gasteiger partial charge in [-0.15, -0.1) is 0 Å². The van der Waals surface area contributed by atoms with E-state index in [0.717, 1.165) is 11.3 Å². The number of ether oxygens (including phenoxy) is 1. The molecule has 1 amide bonds. The van der Waals surface area contributed by atoms with Crippen molar-refractivity contribution < 1.29 is 14.1 Å². The van der Waals surface area contributed by atoms with Crippen molar-refractivity contribution in [2.75, 3.05) is 13.7 Å². The molecule has 6 nitrogen and oxygen atoms in total. The lowest BCUT2D eigenvalue weighted by Gasteiger charge is -2.24. The topological polar surface area (TPSA) is 68.5 Å². The van der Waals surface area contributed by atoms with Crippen LogP contribution in [0.25, 0.3) is 11.4 Å². The maximum atomic E-state index is 12.4. The summed E-state index contributed by atoms with van der Waals surface area (Å²) in [7, 11) is 1.62. The van der Waals surface area contributed by atoms with Crippen LogP contribution in [0.1, 0.15) is 40.0 Å². The van der Waals surface area contributed by atoms with Crippen molar-refractivity contribution in [3.63, 3.8) is 0 Å². The standard InChI is InChI=1S/C18H25N3O3/c1-6-21(16(22)11-18(2,3)4)12-15-19-17(20-24-15)13-7-9-14(23-5)10-8-13/h7-10H,6,11-12H2,1-5H3. The Bertz CT molecular complexity index is 672. The van der Waals surface area contributed by atoms with Crippen molar-refractivity contribution >= 4 is 5.91 Å². The van der Waals surface area contributed by atoms with Gasteiger partial charge >= 0.3 is 0 Å². The van der Waals surface area contributed by atoms with Gasteiger partial charge in [0, 0.05) is 18.5 Å². The van der Waals surface area contributed by atoms with E-state index in [1.165, 1.54) is 0 Å². The summed E-state index contributed by atoms with van der Waals surface area (Å²) in [6.45, 7) is 9.03. The maximum absolute atomic E-state index is 12.4. The summed E-state index contributed by atoms with van der Waals surface area (Å²) < 4.78 is 10.4. The number of hydrogen-bond acceptors (Lipinski definition) is 5. The van der Waals surface area contributed by atoms with E-state index in [1.807, 2.05) is 52.0 Å². The van der Waals surface area contributed by atoms with Crippen LogP contribution in [0.2, 0.25) is 0 Å². The number of benzene rings is 1. The molecule has 1 heterocycles. The summed E-state index contributed by atoms with van der Waals surface area (Å²) in [6, 6.07) is 7.43. The Morgan fingerprint density at radius 2 is 1.92 bits per heavy atom. The summed E-state index contributed by atoms with van der Waals surface area (Å²) in [5.74, 6) is 1.80. The largest absolute Gasteiger partial charge is 0.497 e. The summed E-state index contributed by atoms with van der Waals surface area (Å²) in [6.07, 6.45) is 0.486. The fourth-order valence-electron chi connectivity index (χ4n) is 2.28. The molecular formula is C18H25N3O3. The van der Waals surface area contributed by atoms with E-state index in [0.29, 0.717) is 31.2 Å². The van der Waals surface area contributed by atoms with E-state index in [2.05, 4.69) is 10.1 Å². The van der Waals surface area contributed by atoms with Crippen LogP contribution in [0.5, 0.6) is 5.75 Å². The zero-order chi connectivity index (χ0) is 17.7. The first-order chi connectivity index (χ1) is 11.3. The third kappa shape index (κ3) is 4.81. The molecule has 0 fully saturated rings. The molecule has 0 N–H and O–H groups in total. The summed E-state index contributed by atoms with van der Waals surface area (Å²) in [5.41, 5.74) is 0.794. The van der Waals surface area contributed by atoms with Crippen molar-refractivity contribution in [1.82, 2.24) is 15.0 Å². The SMILES string of the molecule is CCN(Cc1nc(-c2ccc(OC)cc2)no1)C(=O)CC(C)(C)C. The van der Waals surface area contributed by atoms with E-state index >= 15 is 0 Å². The van der Waals surface area contributed by atoms with Crippen LogP contribution < -0.4 is 4.74 Å². The highest BCUT2D eigenvalue weighted by molar-refractivity contribution is 5.76. The highest BCUT2D eigenvalue weighted by atomic mass is 16.5. The number of nitrogens with zero attached hydrogens (tertiary/aromatic N) is 3. The Balaban J connectivity index is 2.07. The van der Waals surface area contributed by atoms with E-state index in [-0.39, 0.29) is 11.3 Å². The van der Waals surface area contributed by atoms with Gasteiger partial charge in [0.15, 0.2) is 0 Å². The molecule has 0 aliphatic heterocycles. The van der Waals surface area contributed by atoms with Gasteiger partial charge in [-0.2, -0.15) is 4.98 Å². The van der Waals surface area contributed by atoms with Gasteiger partial charge in [0.25, 0.3) is 0 Å². The summed E-state index contributed by atoms with van der Waals surface area (Å²) in [5, 5.41) is 4.00. The number of aromatic nitrogens is 2. The summed E-state index contributed by atoms with van der Waals surface area (Å²) in [4.78, 5) is 18.5. The Kier molecular flexibility index (Phi) is 5.59. The number of rotatable bonds is 6. The lowest BCUT2D eigenvalue weighted by atomic mass is 9.91. The predicted octanol–water partition coefficient (Wildman–Crippen LogP) is 3.53. The maximum Gasteiger partial charge on any atom is 0.246 e. The monoisotopic (exact) mass is 331 g/mol. The van der Waals surface area contributed by atoms with Crippen LogP contribution >= 0.6 is 0 Å². The molecule has 0 atom stereocenters. The van der Waals surface area contributed by atoms with E-state index in [9.17, 15) is 4.79 Å². The second-order valence-electron chi connectivity index (χ2n) is 6.89. The van der Waals surface area contributed by atoms with Gasteiger partial charge in [-0.3, -0.25) is 4.79 Å². The van der Waals surface area contributed by atoms with E-state index in [4.69, 9.17) is 9.26 Å². The second-order valence-corrected chi connectivity index (χ2v) is 6.89. The zero-order valence-corrected chi connectivity index (χ0v) is 15.0. The van der Waals surface area contributed by atoms with Gasteiger partial charge in [-0.05, 0) is 36.6 Å².